The third-order valence-corrected chi connectivity index (χ3v) is 3.97. The number of ether oxygens (including phenoxy) is 1. The molecule has 4 nitrogen and oxygen atoms in total. The summed E-state index contributed by atoms with van der Waals surface area (Å²) in [5.74, 6) is 0. The first kappa shape index (κ1) is 14.9. The highest BCUT2D eigenvalue weighted by molar-refractivity contribution is 5.68. The lowest BCUT2D eigenvalue weighted by molar-refractivity contribution is 0.0950. The van der Waals surface area contributed by atoms with E-state index in [2.05, 4.69) is 37.4 Å². The summed E-state index contributed by atoms with van der Waals surface area (Å²) in [5, 5.41) is 3.35. The van der Waals surface area contributed by atoms with Gasteiger partial charge in [0.1, 0.15) is 0 Å². The SMILES string of the molecule is CCNCc1ccc2c(c1)CC(CC)N(C(=O)OC)C2. The number of hydrogen-bond donors (Lipinski definition) is 1. The lowest BCUT2D eigenvalue weighted by atomic mass is 9.91. The second-order valence-electron chi connectivity index (χ2n) is 5.25. The quantitative estimate of drug-likeness (QED) is 0.919. The molecule has 20 heavy (non-hydrogen) atoms. The molecule has 0 radical (unpaired) electrons. The van der Waals surface area contributed by atoms with E-state index < -0.39 is 0 Å². The minimum absolute atomic E-state index is 0.223. The van der Waals surface area contributed by atoms with Crippen molar-refractivity contribution >= 4 is 6.09 Å². The maximum absolute atomic E-state index is 11.8. The number of hydrogen-bond acceptors (Lipinski definition) is 3. The molecule has 0 saturated carbocycles. The molecule has 0 bridgehead atoms. The number of carbonyl (C=O) groups is 1. The summed E-state index contributed by atoms with van der Waals surface area (Å²) in [5.41, 5.74) is 3.92. The highest BCUT2D eigenvalue weighted by atomic mass is 16.5. The van der Waals surface area contributed by atoms with E-state index in [9.17, 15) is 4.79 Å². The maximum atomic E-state index is 11.8. The van der Waals surface area contributed by atoms with Gasteiger partial charge in [-0.15, -0.1) is 0 Å². The maximum Gasteiger partial charge on any atom is 0.410 e. The predicted octanol–water partition coefficient (Wildman–Crippen LogP) is 2.70. The molecule has 1 aliphatic rings. The van der Waals surface area contributed by atoms with Gasteiger partial charge in [0.15, 0.2) is 0 Å². The molecule has 1 aromatic rings. The average molecular weight is 276 g/mol. The van der Waals surface area contributed by atoms with Crippen LogP contribution in [0.3, 0.4) is 0 Å². The van der Waals surface area contributed by atoms with Gasteiger partial charge in [0, 0.05) is 19.1 Å². The number of nitrogens with zero attached hydrogens (tertiary/aromatic N) is 1. The van der Waals surface area contributed by atoms with Crippen LogP contribution in [0, 0.1) is 0 Å². The van der Waals surface area contributed by atoms with Crippen molar-refractivity contribution in [1.29, 1.82) is 0 Å². The van der Waals surface area contributed by atoms with Gasteiger partial charge in [0.05, 0.1) is 7.11 Å². The zero-order valence-electron chi connectivity index (χ0n) is 12.6. The van der Waals surface area contributed by atoms with Crippen molar-refractivity contribution in [3.05, 3.63) is 34.9 Å². The molecule has 110 valence electrons. The third-order valence-electron chi connectivity index (χ3n) is 3.97. The summed E-state index contributed by atoms with van der Waals surface area (Å²) in [6, 6.07) is 6.80. The second kappa shape index (κ2) is 6.75. The van der Waals surface area contributed by atoms with Crippen LogP contribution in [-0.2, 0) is 24.2 Å². The Bertz CT molecular complexity index is 474. The summed E-state index contributed by atoms with van der Waals surface area (Å²) in [6.45, 7) is 6.77. The molecule has 1 unspecified atom stereocenters. The summed E-state index contributed by atoms with van der Waals surface area (Å²) >= 11 is 0. The number of carbonyl (C=O) groups excluding carboxylic acids is 1. The number of methoxy groups -OCH3 is 1. The van der Waals surface area contributed by atoms with E-state index in [4.69, 9.17) is 4.74 Å². The first-order chi connectivity index (χ1) is 9.69. The van der Waals surface area contributed by atoms with Crippen molar-refractivity contribution < 1.29 is 9.53 Å². The second-order valence-corrected chi connectivity index (χ2v) is 5.25. The normalized spacial score (nSPS) is 17.8. The van der Waals surface area contributed by atoms with Crippen LogP contribution < -0.4 is 5.32 Å². The largest absolute Gasteiger partial charge is 0.453 e. The van der Waals surface area contributed by atoms with Crippen molar-refractivity contribution in [2.24, 2.45) is 0 Å². The first-order valence-electron chi connectivity index (χ1n) is 7.35. The van der Waals surface area contributed by atoms with Gasteiger partial charge in [-0.05, 0) is 36.1 Å². The van der Waals surface area contributed by atoms with Gasteiger partial charge in [-0.1, -0.05) is 32.0 Å². The molecule has 1 N–H and O–H groups in total. The van der Waals surface area contributed by atoms with Gasteiger partial charge in [-0.3, -0.25) is 0 Å². The van der Waals surface area contributed by atoms with Crippen molar-refractivity contribution in [3.8, 4) is 0 Å². The summed E-state index contributed by atoms with van der Waals surface area (Å²) in [4.78, 5) is 13.7. The molecule has 1 heterocycles. The van der Waals surface area contributed by atoms with E-state index in [1.807, 2.05) is 4.90 Å². The van der Waals surface area contributed by atoms with Crippen LogP contribution in [0.2, 0.25) is 0 Å². The molecule has 1 aromatic carbocycles. The molecule has 0 spiro atoms. The summed E-state index contributed by atoms with van der Waals surface area (Å²) in [7, 11) is 1.45. The van der Waals surface area contributed by atoms with Gasteiger partial charge < -0.3 is 15.0 Å². The fourth-order valence-electron chi connectivity index (χ4n) is 2.78. The minimum atomic E-state index is -0.223. The Balaban J connectivity index is 2.19. The van der Waals surface area contributed by atoms with E-state index in [1.54, 1.807) is 0 Å². The molecule has 0 fully saturated rings. The Labute approximate surface area is 121 Å². The number of nitrogens with one attached hydrogen (secondary N) is 1. The molecule has 4 heteroatoms. The number of amides is 1. The summed E-state index contributed by atoms with van der Waals surface area (Å²) < 4.78 is 4.89. The van der Waals surface area contributed by atoms with Gasteiger partial charge >= 0.3 is 6.09 Å². The molecule has 2 rings (SSSR count). The van der Waals surface area contributed by atoms with E-state index in [1.165, 1.54) is 23.8 Å². The number of rotatable bonds is 4. The van der Waals surface area contributed by atoms with E-state index in [0.717, 1.165) is 25.9 Å². The molecule has 0 aliphatic carbocycles. The summed E-state index contributed by atoms with van der Waals surface area (Å²) in [6.07, 6.45) is 1.64. The van der Waals surface area contributed by atoms with E-state index in [0.29, 0.717) is 6.54 Å². The fraction of sp³-hybridized carbons (Fsp3) is 0.562. The van der Waals surface area contributed by atoms with Crippen molar-refractivity contribution in [1.82, 2.24) is 10.2 Å². The Morgan fingerprint density at radius 2 is 2.20 bits per heavy atom. The lowest BCUT2D eigenvalue weighted by Gasteiger charge is -2.35. The topological polar surface area (TPSA) is 41.6 Å². The Morgan fingerprint density at radius 3 is 2.85 bits per heavy atom. The van der Waals surface area contributed by atoms with E-state index in [-0.39, 0.29) is 12.1 Å². The molecular formula is C16H24N2O2. The van der Waals surface area contributed by atoms with Gasteiger partial charge in [-0.25, -0.2) is 4.79 Å². The van der Waals surface area contributed by atoms with Gasteiger partial charge in [0.25, 0.3) is 0 Å². The zero-order chi connectivity index (χ0) is 14.5. The van der Waals surface area contributed by atoms with E-state index >= 15 is 0 Å². The lowest BCUT2D eigenvalue weighted by Crippen LogP contribution is -2.43. The standard InChI is InChI=1S/C16H24N2O2/c1-4-15-9-14-8-12(10-17-5-2)6-7-13(14)11-18(15)16(19)20-3/h6-8,15,17H,4-5,9-11H2,1-3H3. The molecule has 1 amide bonds. The monoisotopic (exact) mass is 276 g/mol. The number of benzene rings is 1. The van der Waals surface area contributed by atoms with Crippen LogP contribution in [-0.4, -0.2) is 30.7 Å². The highest BCUT2D eigenvalue weighted by Gasteiger charge is 2.29. The predicted molar refractivity (Wildman–Crippen MR) is 79.6 cm³/mol. The average Bonchev–Trinajstić information content (AvgIpc) is 2.50. The van der Waals surface area contributed by atoms with Crippen LogP contribution in [0.15, 0.2) is 18.2 Å². The molecule has 0 aromatic heterocycles. The first-order valence-corrected chi connectivity index (χ1v) is 7.35. The van der Waals surface area contributed by atoms with Crippen LogP contribution in [0.1, 0.15) is 37.0 Å². The van der Waals surface area contributed by atoms with Crippen LogP contribution in [0.4, 0.5) is 4.79 Å². The smallest absolute Gasteiger partial charge is 0.410 e. The fourth-order valence-corrected chi connectivity index (χ4v) is 2.78. The minimum Gasteiger partial charge on any atom is -0.453 e. The Hall–Kier alpha value is -1.55. The molecule has 1 aliphatic heterocycles. The molecule has 1 atom stereocenters. The van der Waals surface area contributed by atoms with Crippen molar-refractivity contribution in [3.63, 3.8) is 0 Å². The Kier molecular flexibility index (Phi) is 5.01. The number of fused-ring (bicyclic) bond motifs is 1. The van der Waals surface area contributed by atoms with Gasteiger partial charge in [0.2, 0.25) is 0 Å². The third kappa shape index (κ3) is 3.12. The van der Waals surface area contributed by atoms with Crippen LogP contribution in [0.25, 0.3) is 0 Å². The molecular weight excluding hydrogens is 252 g/mol. The highest BCUT2D eigenvalue weighted by Crippen LogP contribution is 2.26. The van der Waals surface area contributed by atoms with Crippen LogP contribution in [0.5, 0.6) is 0 Å². The van der Waals surface area contributed by atoms with Gasteiger partial charge in [-0.2, -0.15) is 0 Å². The van der Waals surface area contributed by atoms with Crippen LogP contribution >= 0.6 is 0 Å². The molecule has 0 saturated heterocycles. The van der Waals surface area contributed by atoms with Crippen molar-refractivity contribution in [2.45, 2.75) is 45.8 Å². The van der Waals surface area contributed by atoms with Crippen molar-refractivity contribution in [2.75, 3.05) is 13.7 Å². The Morgan fingerprint density at radius 1 is 1.40 bits per heavy atom. The zero-order valence-corrected chi connectivity index (χ0v) is 12.6.